The van der Waals surface area contributed by atoms with Gasteiger partial charge in [0.05, 0.1) is 13.2 Å². The van der Waals surface area contributed by atoms with E-state index in [0.29, 0.717) is 37.9 Å². The van der Waals surface area contributed by atoms with Crippen LogP contribution in [-0.2, 0) is 16.0 Å². The van der Waals surface area contributed by atoms with E-state index >= 15 is 0 Å². The molecule has 1 amide bonds. The van der Waals surface area contributed by atoms with Crippen LogP contribution in [-0.4, -0.2) is 51.9 Å². The summed E-state index contributed by atoms with van der Waals surface area (Å²) in [5.74, 6) is 0.939. The predicted octanol–water partition coefficient (Wildman–Crippen LogP) is 4.61. The van der Waals surface area contributed by atoms with Gasteiger partial charge in [-0.1, -0.05) is 66.4 Å². The molecule has 0 spiro atoms. The number of thiophene rings is 1. The molecule has 6 nitrogen and oxygen atoms in total. The van der Waals surface area contributed by atoms with Gasteiger partial charge in [0.2, 0.25) is 5.91 Å². The molecule has 4 aromatic rings. The highest BCUT2D eigenvalue weighted by atomic mass is 32.2. The Balaban J connectivity index is 1.52. The molecule has 168 valence electrons. The van der Waals surface area contributed by atoms with E-state index < -0.39 is 5.25 Å². The van der Waals surface area contributed by atoms with Crippen LogP contribution in [0.4, 0.5) is 0 Å². The topological polar surface area (TPSA) is 60.2 Å². The average Bonchev–Trinajstić information content (AvgIpc) is 3.54. The highest BCUT2D eigenvalue weighted by Crippen LogP contribution is 2.37. The lowest BCUT2D eigenvalue weighted by Gasteiger charge is -2.30. The number of ether oxygens (including phenoxy) is 1. The summed E-state index contributed by atoms with van der Waals surface area (Å²) >= 11 is 3.16. The molecule has 5 rings (SSSR count). The van der Waals surface area contributed by atoms with Gasteiger partial charge < -0.3 is 9.64 Å². The van der Waals surface area contributed by atoms with E-state index in [0.717, 1.165) is 17.1 Å². The number of rotatable bonds is 7. The number of hydrogen-bond acceptors (Lipinski definition) is 6. The number of thioether (sulfide) groups is 1. The standard InChI is InChI=1S/C25H24N4O2S2/c30-24(28-13-15-31-16-14-28)23(19-8-3-1-4-9-19)33-25-27-26-22(18-21-12-7-17-32-21)29(25)20-10-5-2-6-11-20/h1-12,17,23H,13-16,18H2. The lowest BCUT2D eigenvalue weighted by molar-refractivity contribution is -0.134. The molecule has 1 aliphatic rings. The molecular formula is C25H24N4O2S2. The zero-order chi connectivity index (χ0) is 22.5. The van der Waals surface area contributed by atoms with Crippen LogP contribution in [0.3, 0.4) is 0 Å². The Morgan fingerprint density at radius 1 is 0.970 bits per heavy atom. The van der Waals surface area contributed by atoms with Crippen molar-refractivity contribution in [2.45, 2.75) is 16.8 Å². The molecule has 2 aromatic carbocycles. The molecule has 8 heteroatoms. The van der Waals surface area contributed by atoms with Crippen LogP contribution in [0.2, 0.25) is 0 Å². The average molecular weight is 477 g/mol. The van der Waals surface area contributed by atoms with Crippen LogP contribution in [0.1, 0.15) is 21.5 Å². The highest BCUT2D eigenvalue weighted by Gasteiger charge is 2.30. The third-order valence-electron chi connectivity index (χ3n) is 5.50. The second-order valence-corrected chi connectivity index (χ2v) is 9.78. The molecule has 1 aliphatic heterocycles. The number of nitrogens with zero attached hydrogens (tertiary/aromatic N) is 4. The molecule has 1 saturated heterocycles. The summed E-state index contributed by atoms with van der Waals surface area (Å²) in [5, 5.41) is 11.5. The maximum absolute atomic E-state index is 13.6. The van der Waals surface area contributed by atoms with Crippen LogP contribution in [0.5, 0.6) is 0 Å². The number of morpholine rings is 1. The maximum atomic E-state index is 13.6. The van der Waals surface area contributed by atoms with Gasteiger partial charge in [0.15, 0.2) is 5.16 Å². The van der Waals surface area contributed by atoms with E-state index in [1.807, 2.05) is 71.6 Å². The third-order valence-corrected chi connectivity index (χ3v) is 7.56. The van der Waals surface area contributed by atoms with Crippen LogP contribution in [0.25, 0.3) is 5.69 Å². The molecule has 33 heavy (non-hydrogen) atoms. The second-order valence-electron chi connectivity index (χ2n) is 7.67. The van der Waals surface area contributed by atoms with Crippen LogP contribution >= 0.6 is 23.1 Å². The number of aromatic nitrogens is 3. The summed E-state index contributed by atoms with van der Waals surface area (Å²) in [6, 6.07) is 24.2. The molecule has 2 aromatic heterocycles. The van der Waals surface area contributed by atoms with Gasteiger partial charge in [0.1, 0.15) is 11.1 Å². The summed E-state index contributed by atoms with van der Waals surface area (Å²) in [6.07, 6.45) is 0.688. The zero-order valence-corrected chi connectivity index (χ0v) is 19.7. The summed E-state index contributed by atoms with van der Waals surface area (Å²) in [4.78, 5) is 16.7. The van der Waals surface area contributed by atoms with Gasteiger partial charge in [0.25, 0.3) is 0 Å². The summed E-state index contributed by atoms with van der Waals surface area (Å²) in [7, 11) is 0. The van der Waals surface area contributed by atoms with Gasteiger partial charge in [-0.2, -0.15) is 0 Å². The van der Waals surface area contributed by atoms with Crippen molar-refractivity contribution in [3.05, 3.63) is 94.4 Å². The van der Waals surface area contributed by atoms with Crippen molar-refractivity contribution in [1.29, 1.82) is 0 Å². The predicted molar refractivity (Wildman–Crippen MR) is 131 cm³/mol. The molecule has 0 aliphatic carbocycles. The Labute approximate surface area is 201 Å². The number of carbonyl (C=O) groups excluding carboxylic acids is 1. The van der Waals surface area contributed by atoms with Crippen molar-refractivity contribution in [2.75, 3.05) is 26.3 Å². The minimum atomic E-state index is -0.412. The number of hydrogen-bond donors (Lipinski definition) is 0. The van der Waals surface area contributed by atoms with Crippen molar-refractivity contribution < 1.29 is 9.53 Å². The van der Waals surface area contributed by atoms with Gasteiger partial charge in [-0.25, -0.2) is 0 Å². The molecule has 0 radical (unpaired) electrons. The third kappa shape index (κ3) is 5.03. The molecule has 0 N–H and O–H groups in total. The monoisotopic (exact) mass is 476 g/mol. The minimum Gasteiger partial charge on any atom is -0.378 e. The Morgan fingerprint density at radius 2 is 1.70 bits per heavy atom. The largest absolute Gasteiger partial charge is 0.378 e. The SMILES string of the molecule is O=C(C(Sc1nnc(Cc2cccs2)n1-c1ccccc1)c1ccccc1)N1CCOCC1. The first-order chi connectivity index (χ1) is 16.3. The fourth-order valence-corrected chi connectivity index (χ4v) is 5.70. The van der Waals surface area contributed by atoms with E-state index in [1.54, 1.807) is 11.3 Å². The molecule has 1 fully saturated rings. The Bertz CT molecular complexity index is 1170. The number of carbonyl (C=O) groups is 1. The molecule has 0 saturated carbocycles. The molecule has 0 bridgehead atoms. The quantitative estimate of drug-likeness (QED) is 0.365. The van der Waals surface area contributed by atoms with E-state index in [-0.39, 0.29) is 5.91 Å². The highest BCUT2D eigenvalue weighted by molar-refractivity contribution is 8.00. The van der Waals surface area contributed by atoms with Crippen molar-refractivity contribution >= 4 is 29.0 Å². The van der Waals surface area contributed by atoms with E-state index in [9.17, 15) is 4.79 Å². The molecular weight excluding hydrogens is 452 g/mol. The lowest BCUT2D eigenvalue weighted by atomic mass is 10.1. The first-order valence-corrected chi connectivity index (χ1v) is 12.7. The Hall–Kier alpha value is -2.94. The normalized spacial score (nSPS) is 14.8. The van der Waals surface area contributed by atoms with Crippen LogP contribution in [0, 0.1) is 0 Å². The zero-order valence-electron chi connectivity index (χ0n) is 18.0. The van der Waals surface area contributed by atoms with Crippen molar-refractivity contribution in [2.24, 2.45) is 0 Å². The smallest absolute Gasteiger partial charge is 0.240 e. The van der Waals surface area contributed by atoms with Gasteiger partial charge in [-0.05, 0) is 29.1 Å². The van der Waals surface area contributed by atoms with Gasteiger partial charge in [0, 0.05) is 30.1 Å². The van der Waals surface area contributed by atoms with E-state index in [1.165, 1.54) is 16.6 Å². The van der Waals surface area contributed by atoms with Crippen molar-refractivity contribution in [1.82, 2.24) is 19.7 Å². The molecule has 3 heterocycles. The molecule has 1 atom stereocenters. The van der Waals surface area contributed by atoms with Crippen molar-refractivity contribution in [3.63, 3.8) is 0 Å². The Kier molecular flexibility index (Phi) is 6.85. The van der Waals surface area contributed by atoms with E-state index in [2.05, 4.69) is 26.2 Å². The number of para-hydroxylation sites is 1. The maximum Gasteiger partial charge on any atom is 0.240 e. The fraction of sp³-hybridized carbons (Fsp3) is 0.240. The van der Waals surface area contributed by atoms with Gasteiger partial charge >= 0.3 is 0 Å². The number of benzene rings is 2. The van der Waals surface area contributed by atoms with Gasteiger partial charge in [-0.3, -0.25) is 9.36 Å². The van der Waals surface area contributed by atoms with Gasteiger partial charge in [-0.15, -0.1) is 21.5 Å². The van der Waals surface area contributed by atoms with E-state index in [4.69, 9.17) is 4.74 Å². The van der Waals surface area contributed by atoms with Crippen molar-refractivity contribution in [3.8, 4) is 5.69 Å². The first-order valence-electron chi connectivity index (χ1n) is 10.9. The number of amides is 1. The Morgan fingerprint density at radius 3 is 2.39 bits per heavy atom. The summed E-state index contributed by atoms with van der Waals surface area (Å²) in [5.41, 5.74) is 1.95. The first kappa shape index (κ1) is 21.9. The van der Waals surface area contributed by atoms with Crippen LogP contribution in [0.15, 0.2) is 83.3 Å². The summed E-state index contributed by atoms with van der Waals surface area (Å²) < 4.78 is 7.53. The summed E-state index contributed by atoms with van der Waals surface area (Å²) in [6.45, 7) is 2.36. The lowest BCUT2D eigenvalue weighted by Crippen LogP contribution is -2.42. The minimum absolute atomic E-state index is 0.0805. The molecule has 1 unspecified atom stereocenters. The second kappa shape index (κ2) is 10.3. The van der Waals surface area contributed by atoms with Crippen LogP contribution < -0.4 is 0 Å². The fourth-order valence-electron chi connectivity index (χ4n) is 3.84.